The van der Waals surface area contributed by atoms with Crippen LogP contribution in [-0.2, 0) is 6.54 Å². The van der Waals surface area contributed by atoms with Crippen LogP contribution in [0, 0.1) is 5.92 Å². The van der Waals surface area contributed by atoms with Gasteiger partial charge >= 0.3 is 0 Å². The van der Waals surface area contributed by atoms with Crippen molar-refractivity contribution >= 4 is 0 Å². The molecule has 1 aromatic heterocycles. The van der Waals surface area contributed by atoms with Crippen LogP contribution in [0.2, 0.25) is 0 Å². The molecule has 2 unspecified atom stereocenters. The SMILES string of the molecule is CCC(C)C(C)NCc1cnco1. The van der Waals surface area contributed by atoms with E-state index in [1.54, 1.807) is 6.20 Å². The lowest BCUT2D eigenvalue weighted by molar-refractivity contribution is 0.369. The van der Waals surface area contributed by atoms with E-state index in [-0.39, 0.29) is 0 Å². The topological polar surface area (TPSA) is 38.1 Å². The summed E-state index contributed by atoms with van der Waals surface area (Å²) in [6.45, 7) is 7.42. The van der Waals surface area contributed by atoms with Gasteiger partial charge in [-0.15, -0.1) is 0 Å². The third-order valence-corrected chi connectivity index (χ3v) is 2.58. The molecule has 1 rings (SSSR count). The van der Waals surface area contributed by atoms with E-state index in [1.165, 1.54) is 12.8 Å². The first-order valence-corrected chi connectivity index (χ1v) is 4.84. The zero-order valence-electron chi connectivity index (χ0n) is 8.58. The predicted octanol–water partition coefficient (Wildman–Crippen LogP) is 2.20. The smallest absolute Gasteiger partial charge is 0.180 e. The lowest BCUT2D eigenvalue weighted by Crippen LogP contribution is -2.31. The highest BCUT2D eigenvalue weighted by atomic mass is 16.3. The summed E-state index contributed by atoms with van der Waals surface area (Å²) in [6, 6.07) is 0.523. The fourth-order valence-corrected chi connectivity index (χ4v) is 1.15. The normalized spacial score (nSPS) is 15.6. The maximum absolute atomic E-state index is 5.12. The molecule has 0 amide bonds. The Kier molecular flexibility index (Phi) is 3.96. The summed E-state index contributed by atoms with van der Waals surface area (Å²) in [5, 5.41) is 3.40. The van der Waals surface area contributed by atoms with Gasteiger partial charge in [0.1, 0.15) is 5.76 Å². The van der Waals surface area contributed by atoms with E-state index in [4.69, 9.17) is 4.42 Å². The molecule has 0 radical (unpaired) electrons. The number of nitrogens with one attached hydrogen (secondary N) is 1. The van der Waals surface area contributed by atoms with Gasteiger partial charge in [-0.25, -0.2) is 4.98 Å². The minimum Gasteiger partial charge on any atom is -0.447 e. The largest absolute Gasteiger partial charge is 0.447 e. The molecule has 2 atom stereocenters. The Labute approximate surface area is 79.5 Å². The van der Waals surface area contributed by atoms with Crippen molar-refractivity contribution < 1.29 is 4.42 Å². The van der Waals surface area contributed by atoms with Gasteiger partial charge < -0.3 is 9.73 Å². The summed E-state index contributed by atoms with van der Waals surface area (Å²) in [6.07, 6.45) is 4.41. The highest BCUT2D eigenvalue weighted by Crippen LogP contribution is 2.07. The van der Waals surface area contributed by atoms with Crippen molar-refractivity contribution in [2.45, 2.75) is 39.8 Å². The molecule has 1 aromatic rings. The van der Waals surface area contributed by atoms with Gasteiger partial charge in [0.15, 0.2) is 6.39 Å². The van der Waals surface area contributed by atoms with Crippen LogP contribution in [0.4, 0.5) is 0 Å². The predicted molar refractivity (Wildman–Crippen MR) is 52.3 cm³/mol. The van der Waals surface area contributed by atoms with Gasteiger partial charge in [0.2, 0.25) is 0 Å². The maximum atomic E-state index is 5.12. The Balaban J connectivity index is 2.26. The molecule has 0 fully saturated rings. The molecular formula is C10H18N2O. The van der Waals surface area contributed by atoms with Crippen molar-refractivity contribution in [1.82, 2.24) is 10.3 Å². The average molecular weight is 182 g/mol. The minimum atomic E-state index is 0.523. The molecule has 0 aromatic carbocycles. The number of aromatic nitrogens is 1. The third kappa shape index (κ3) is 3.19. The number of nitrogens with zero attached hydrogens (tertiary/aromatic N) is 1. The summed E-state index contributed by atoms with van der Waals surface area (Å²) < 4.78 is 5.12. The fraction of sp³-hybridized carbons (Fsp3) is 0.700. The number of oxazole rings is 1. The standard InChI is InChI=1S/C10H18N2O/c1-4-8(2)9(3)12-6-10-5-11-7-13-10/h5,7-9,12H,4,6H2,1-3H3. The lowest BCUT2D eigenvalue weighted by Gasteiger charge is -2.18. The van der Waals surface area contributed by atoms with Gasteiger partial charge in [-0.2, -0.15) is 0 Å². The van der Waals surface area contributed by atoms with Crippen LogP contribution in [0.25, 0.3) is 0 Å². The molecule has 1 heterocycles. The first kappa shape index (κ1) is 10.3. The van der Waals surface area contributed by atoms with Crippen molar-refractivity contribution in [3.05, 3.63) is 18.4 Å². The maximum Gasteiger partial charge on any atom is 0.180 e. The van der Waals surface area contributed by atoms with Crippen LogP contribution >= 0.6 is 0 Å². The second-order valence-corrected chi connectivity index (χ2v) is 3.52. The molecule has 74 valence electrons. The fourth-order valence-electron chi connectivity index (χ4n) is 1.15. The van der Waals surface area contributed by atoms with Gasteiger partial charge in [-0.05, 0) is 12.8 Å². The highest BCUT2D eigenvalue weighted by molar-refractivity contribution is 4.88. The van der Waals surface area contributed by atoms with Gasteiger partial charge in [0.25, 0.3) is 0 Å². The summed E-state index contributed by atoms with van der Waals surface area (Å²) in [4.78, 5) is 3.86. The minimum absolute atomic E-state index is 0.523. The second-order valence-electron chi connectivity index (χ2n) is 3.52. The Bertz CT molecular complexity index is 221. The Morgan fingerprint density at radius 3 is 2.85 bits per heavy atom. The molecule has 0 bridgehead atoms. The Hall–Kier alpha value is -0.830. The van der Waals surface area contributed by atoms with Crippen LogP contribution in [0.1, 0.15) is 33.0 Å². The average Bonchev–Trinajstić information content (AvgIpc) is 2.65. The van der Waals surface area contributed by atoms with Crippen molar-refractivity contribution in [2.24, 2.45) is 5.92 Å². The highest BCUT2D eigenvalue weighted by Gasteiger charge is 2.09. The van der Waals surface area contributed by atoms with Crippen molar-refractivity contribution in [2.75, 3.05) is 0 Å². The molecule has 0 saturated carbocycles. The van der Waals surface area contributed by atoms with E-state index in [1.807, 2.05) is 0 Å². The summed E-state index contributed by atoms with van der Waals surface area (Å²) >= 11 is 0. The molecule has 3 nitrogen and oxygen atoms in total. The van der Waals surface area contributed by atoms with Gasteiger partial charge in [-0.3, -0.25) is 0 Å². The zero-order chi connectivity index (χ0) is 9.68. The van der Waals surface area contributed by atoms with Crippen LogP contribution in [-0.4, -0.2) is 11.0 Å². The van der Waals surface area contributed by atoms with Crippen LogP contribution in [0.3, 0.4) is 0 Å². The van der Waals surface area contributed by atoms with Crippen LogP contribution in [0.5, 0.6) is 0 Å². The summed E-state index contributed by atoms with van der Waals surface area (Å²) in [5.41, 5.74) is 0. The number of hydrogen-bond donors (Lipinski definition) is 1. The molecule has 0 aliphatic heterocycles. The van der Waals surface area contributed by atoms with Gasteiger partial charge in [0, 0.05) is 6.04 Å². The number of rotatable bonds is 5. The third-order valence-electron chi connectivity index (χ3n) is 2.58. The number of hydrogen-bond acceptors (Lipinski definition) is 3. The summed E-state index contributed by atoms with van der Waals surface area (Å²) in [5.74, 6) is 1.60. The first-order chi connectivity index (χ1) is 6.24. The van der Waals surface area contributed by atoms with Crippen molar-refractivity contribution in [3.63, 3.8) is 0 Å². The van der Waals surface area contributed by atoms with Crippen molar-refractivity contribution in [3.8, 4) is 0 Å². The van der Waals surface area contributed by atoms with E-state index in [9.17, 15) is 0 Å². The van der Waals surface area contributed by atoms with E-state index >= 15 is 0 Å². The molecule has 0 aliphatic carbocycles. The van der Waals surface area contributed by atoms with E-state index in [2.05, 4.69) is 31.1 Å². The molecule has 3 heteroatoms. The molecule has 1 N–H and O–H groups in total. The van der Waals surface area contributed by atoms with Gasteiger partial charge in [-0.1, -0.05) is 20.3 Å². The van der Waals surface area contributed by atoms with Crippen LogP contribution < -0.4 is 5.32 Å². The monoisotopic (exact) mass is 182 g/mol. The molecule has 0 spiro atoms. The molecule has 0 aliphatic rings. The zero-order valence-corrected chi connectivity index (χ0v) is 8.58. The molecular weight excluding hydrogens is 164 g/mol. The van der Waals surface area contributed by atoms with Crippen LogP contribution in [0.15, 0.2) is 17.0 Å². The van der Waals surface area contributed by atoms with Gasteiger partial charge in [0.05, 0.1) is 12.7 Å². The Morgan fingerprint density at radius 2 is 2.31 bits per heavy atom. The first-order valence-electron chi connectivity index (χ1n) is 4.84. The van der Waals surface area contributed by atoms with E-state index in [0.717, 1.165) is 12.3 Å². The lowest BCUT2D eigenvalue weighted by atomic mass is 10.0. The van der Waals surface area contributed by atoms with E-state index < -0.39 is 0 Å². The second kappa shape index (κ2) is 5.02. The van der Waals surface area contributed by atoms with Crippen molar-refractivity contribution in [1.29, 1.82) is 0 Å². The summed E-state index contributed by atoms with van der Waals surface area (Å²) in [7, 11) is 0. The Morgan fingerprint density at radius 1 is 1.54 bits per heavy atom. The quantitative estimate of drug-likeness (QED) is 0.758. The van der Waals surface area contributed by atoms with E-state index in [0.29, 0.717) is 12.0 Å². The molecule has 0 saturated heterocycles. The molecule has 13 heavy (non-hydrogen) atoms.